The van der Waals surface area contributed by atoms with Crippen molar-refractivity contribution in [2.75, 3.05) is 0 Å². The van der Waals surface area contributed by atoms with Crippen LogP contribution in [0.4, 0.5) is 32.0 Å². The third kappa shape index (κ3) is 3.98. The van der Waals surface area contributed by atoms with Gasteiger partial charge >= 0.3 is 18.2 Å². The van der Waals surface area contributed by atoms with Gasteiger partial charge in [0.2, 0.25) is 5.75 Å². The second-order valence-electron chi connectivity index (χ2n) is 3.10. The lowest BCUT2D eigenvalue weighted by Crippen LogP contribution is -2.18. The number of benzene rings is 1. The lowest BCUT2D eigenvalue weighted by atomic mass is 10.2. The first-order valence-electron chi connectivity index (χ1n) is 4.22. The van der Waals surface area contributed by atoms with Gasteiger partial charge in [-0.05, 0) is 0 Å². The molecule has 0 bridgehead atoms. The Labute approximate surface area is 109 Å². The highest BCUT2D eigenvalue weighted by atomic mass is 79.9. The number of hydrogen-bond donors (Lipinski definition) is 0. The molecule has 0 unspecified atom stereocenters. The molecule has 0 radical (unpaired) electrons. The summed E-state index contributed by atoms with van der Waals surface area (Å²) in [6, 6.07) is 0.208. The van der Waals surface area contributed by atoms with Gasteiger partial charge in [-0.2, -0.15) is 13.2 Å². The highest BCUT2D eigenvalue weighted by Crippen LogP contribution is 2.42. The van der Waals surface area contributed by atoms with Gasteiger partial charge in [0.05, 0.1) is 10.5 Å². The number of nitrogens with zero attached hydrogens (tertiary/aromatic N) is 1. The van der Waals surface area contributed by atoms with Crippen molar-refractivity contribution < 1.29 is 36.0 Å². The normalized spacial score (nSPS) is 12.4. The number of rotatable bonds is 2. The maximum atomic E-state index is 12.4. The average molecular weight is 354 g/mol. The first-order chi connectivity index (χ1) is 8.42. The van der Waals surface area contributed by atoms with Gasteiger partial charge in [-0.3, -0.25) is 10.1 Å². The van der Waals surface area contributed by atoms with E-state index in [1.54, 1.807) is 0 Å². The van der Waals surface area contributed by atoms with E-state index in [0.29, 0.717) is 0 Å². The molecule has 0 spiro atoms. The maximum absolute atomic E-state index is 12.4. The average Bonchev–Trinajstić information content (AvgIpc) is 2.11. The molecule has 0 atom stereocenters. The van der Waals surface area contributed by atoms with Crippen molar-refractivity contribution in [1.82, 2.24) is 0 Å². The molecule has 0 aliphatic heterocycles. The summed E-state index contributed by atoms with van der Waals surface area (Å²) < 4.78 is 75.7. The standard InChI is InChI=1S/C8H2BrF6NO3/c9-4-2-6(19-8(13,14)15)5(16(17)18)1-3(4)7(10,11)12/h1-2H. The Hall–Kier alpha value is -1.52. The van der Waals surface area contributed by atoms with Crippen LogP contribution in [0.25, 0.3) is 0 Å². The van der Waals surface area contributed by atoms with Crippen LogP contribution in [0.15, 0.2) is 16.6 Å². The largest absolute Gasteiger partial charge is 0.573 e. The van der Waals surface area contributed by atoms with Crippen LogP contribution in [0.2, 0.25) is 0 Å². The molecule has 0 saturated carbocycles. The summed E-state index contributed by atoms with van der Waals surface area (Å²) in [6.07, 6.45) is -10.2. The monoisotopic (exact) mass is 353 g/mol. The van der Waals surface area contributed by atoms with Crippen molar-refractivity contribution >= 4 is 21.6 Å². The number of halogens is 7. The quantitative estimate of drug-likeness (QED) is 0.453. The number of nitro groups is 1. The van der Waals surface area contributed by atoms with E-state index < -0.39 is 38.9 Å². The first-order valence-corrected chi connectivity index (χ1v) is 5.02. The van der Waals surface area contributed by atoms with E-state index in [1.807, 2.05) is 0 Å². The highest BCUT2D eigenvalue weighted by molar-refractivity contribution is 9.10. The summed E-state index contributed by atoms with van der Waals surface area (Å²) in [5.74, 6) is -1.34. The van der Waals surface area contributed by atoms with Crippen molar-refractivity contribution in [2.45, 2.75) is 12.5 Å². The zero-order valence-electron chi connectivity index (χ0n) is 8.47. The van der Waals surface area contributed by atoms with Crippen LogP contribution >= 0.6 is 15.9 Å². The van der Waals surface area contributed by atoms with E-state index in [2.05, 4.69) is 20.7 Å². The predicted molar refractivity (Wildman–Crippen MR) is 52.5 cm³/mol. The van der Waals surface area contributed by atoms with Crippen molar-refractivity contribution in [2.24, 2.45) is 0 Å². The minimum absolute atomic E-state index is 0.0366. The molecule has 106 valence electrons. The van der Waals surface area contributed by atoms with E-state index in [9.17, 15) is 36.5 Å². The molecule has 0 aliphatic carbocycles. The molecule has 1 rings (SSSR count). The topological polar surface area (TPSA) is 52.4 Å². The Morgan fingerprint density at radius 2 is 1.68 bits per heavy atom. The van der Waals surface area contributed by atoms with Crippen LogP contribution in [0.1, 0.15) is 5.56 Å². The van der Waals surface area contributed by atoms with Crippen molar-refractivity contribution in [1.29, 1.82) is 0 Å². The Morgan fingerprint density at radius 1 is 1.16 bits per heavy atom. The number of ether oxygens (including phenoxy) is 1. The molecule has 0 aliphatic rings. The Kier molecular flexibility index (Phi) is 3.98. The molecule has 0 amide bonds. The van der Waals surface area contributed by atoms with Crippen LogP contribution in [-0.4, -0.2) is 11.3 Å². The molecule has 1 aromatic rings. The van der Waals surface area contributed by atoms with Gasteiger partial charge in [-0.1, -0.05) is 15.9 Å². The fourth-order valence-corrected chi connectivity index (χ4v) is 1.66. The summed E-state index contributed by atoms with van der Waals surface area (Å²) in [5.41, 5.74) is -2.92. The second kappa shape index (κ2) is 4.87. The van der Waals surface area contributed by atoms with Crippen molar-refractivity contribution in [3.63, 3.8) is 0 Å². The van der Waals surface area contributed by atoms with Gasteiger partial charge in [0.1, 0.15) is 0 Å². The predicted octanol–water partition coefficient (Wildman–Crippen LogP) is 4.27. The lowest BCUT2D eigenvalue weighted by Gasteiger charge is -2.13. The number of alkyl halides is 6. The molecular formula is C8H2BrF6NO3. The summed E-state index contributed by atoms with van der Waals surface area (Å²) in [7, 11) is 0. The Bertz CT molecular complexity index is 512. The Morgan fingerprint density at radius 3 is 2.05 bits per heavy atom. The van der Waals surface area contributed by atoms with Gasteiger partial charge in [-0.15, -0.1) is 13.2 Å². The zero-order chi connectivity index (χ0) is 15.0. The van der Waals surface area contributed by atoms with E-state index in [1.165, 1.54) is 0 Å². The summed E-state index contributed by atoms with van der Waals surface area (Å²) in [5, 5.41) is 10.5. The van der Waals surface area contributed by atoms with Gasteiger partial charge in [0, 0.05) is 16.6 Å². The highest BCUT2D eigenvalue weighted by Gasteiger charge is 2.39. The zero-order valence-corrected chi connectivity index (χ0v) is 10.1. The molecule has 1 aromatic carbocycles. The van der Waals surface area contributed by atoms with Crippen molar-refractivity contribution in [3.05, 3.63) is 32.3 Å². The van der Waals surface area contributed by atoms with E-state index in [-0.39, 0.29) is 12.1 Å². The third-order valence-corrected chi connectivity index (χ3v) is 2.43. The Balaban J connectivity index is 3.42. The molecule has 0 aromatic heterocycles. The SMILES string of the molecule is O=[N+]([O-])c1cc(C(F)(F)F)c(Br)cc1OC(F)(F)F. The van der Waals surface area contributed by atoms with Crippen molar-refractivity contribution in [3.8, 4) is 5.75 Å². The van der Waals surface area contributed by atoms with Gasteiger partial charge in [0.15, 0.2) is 0 Å². The minimum Gasteiger partial charge on any atom is -0.398 e. The van der Waals surface area contributed by atoms with Gasteiger partial charge in [0.25, 0.3) is 0 Å². The van der Waals surface area contributed by atoms with Crippen LogP contribution < -0.4 is 4.74 Å². The summed E-state index contributed by atoms with van der Waals surface area (Å²) >= 11 is 2.38. The maximum Gasteiger partial charge on any atom is 0.573 e. The van der Waals surface area contributed by atoms with Crippen LogP contribution in [0.5, 0.6) is 5.75 Å². The number of hydrogen-bond acceptors (Lipinski definition) is 3. The van der Waals surface area contributed by atoms with Crippen LogP contribution in [-0.2, 0) is 6.18 Å². The second-order valence-corrected chi connectivity index (χ2v) is 3.96. The molecule has 19 heavy (non-hydrogen) atoms. The van der Waals surface area contributed by atoms with E-state index in [0.717, 1.165) is 0 Å². The van der Waals surface area contributed by atoms with Gasteiger partial charge < -0.3 is 4.74 Å². The molecule has 0 fully saturated rings. The molecule has 0 N–H and O–H groups in total. The summed E-state index contributed by atoms with van der Waals surface area (Å²) in [4.78, 5) is 9.07. The molecule has 11 heteroatoms. The minimum atomic E-state index is -5.26. The smallest absolute Gasteiger partial charge is 0.398 e. The third-order valence-electron chi connectivity index (χ3n) is 1.78. The van der Waals surface area contributed by atoms with Crippen LogP contribution in [0.3, 0.4) is 0 Å². The van der Waals surface area contributed by atoms with E-state index in [4.69, 9.17) is 0 Å². The van der Waals surface area contributed by atoms with Gasteiger partial charge in [-0.25, -0.2) is 0 Å². The molecule has 0 heterocycles. The fraction of sp³-hybridized carbons (Fsp3) is 0.250. The van der Waals surface area contributed by atoms with Crippen LogP contribution in [0, 0.1) is 10.1 Å². The first kappa shape index (κ1) is 15.5. The molecule has 4 nitrogen and oxygen atoms in total. The molecular weight excluding hydrogens is 352 g/mol. The molecule has 0 saturated heterocycles. The number of nitro benzene ring substituents is 1. The van der Waals surface area contributed by atoms with E-state index >= 15 is 0 Å². The summed E-state index contributed by atoms with van der Waals surface area (Å²) in [6.45, 7) is 0. The fourth-order valence-electron chi connectivity index (χ4n) is 1.11. The lowest BCUT2D eigenvalue weighted by molar-refractivity contribution is -0.388.